The minimum Gasteiger partial charge on any atom is -0.356 e. The second-order valence-corrected chi connectivity index (χ2v) is 4.53. The molecule has 0 radical (unpaired) electrons. The van der Waals surface area contributed by atoms with Crippen LogP contribution in [0.5, 0.6) is 0 Å². The number of nitrogens with one attached hydrogen (secondary N) is 1. The number of halogens is 2. The van der Waals surface area contributed by atoms with Crippen molar-refractivity contribution in [2.75, 3.05) is 6.54 Å². The van der Waals surface area contributed by atoms with Crippen LogP contribution in [0.3, 0.4) is 0 Å². The van der Waals surface area contributed by atoms with Crippen LogP contribution in [0, 0.1) is 0 Å². The van der Waals surface area contributed by atoms with Gasteiger partial charge in [-0.15, -0.1) is 0 Å². The number of rotatable bonds is 5. The number of hydrogen-bond donors (Lipinski definition) is 1. The highest BCUT2D eigenvalue weighted by Gasteiger charge is 2.04. The van der Waals surface area contributed by atoms with Crippen molar-refractivity contribution in [2.45, 2.75) is 26.2 Å². The van der Waals surface area contributed by atoms with Crippen molar-refractivity contribution in [3.63, 3.8) is 0 Å². The summed E-state index contributed by atoms with van der Waals surface area (Å²) < 4.78 is 0. The van der Waals surface area contributed by atoms with Gasteiger partial charge < -0.3 is 5.32 Å². The molecule has 0 unspecified atom stereocenters. The third kappa shape index (κ3) is 4.86. The van der Waals surface area contributed by atoms with Gasteiger partial charge in [0, 0.05) is 16.6 Å². The van der Waals surface area contributed by atoms with E-state index in [0.717, 1.165) is 24.9 Å². The Kier molecular flexibility index (Phi) is 5.64. The fraction of sp³-hybridized carbons (Fsp3) is 0.417. The molecule has 0 heterocycles. The Labute approximate surface area is 106 Å². The fourth-order valence-corrected chi connectivity index (χ4v) is 1.94. The average Bonchev–Trinajstić information content (AvgIpc) is 2.16. The first kappa shape index (κ1) is 13.3. The summed E-state index contributed by atoms with van der Waals surface area (Å²) in [6, 6.07) is 5.17. The lowest BCUT2D eigenvalue weighted by molar-refractivity contribution is -0.120. The summed E-state index contributed by atoms with van der Waals surface area (Å²) in [5.41, 5.74) is 0.839. The molecule has 0 spiro atoms. The number of unbranched alkanes of at least 4 members (excludes halogenated alkanes) is 1. The van der Waals surface area contributed by atoms with Gasteiger partial charge in [0.2, 0.25) is 5.91 Å². The first-order valence-electron chi connectivity index (χ1n) is 5.33. The highest BCUT2D eigenvalue weighted by atomic mass is 35.5. The molecule has 0 aromatic heterocycles. The van der Waals surface area contributed by atoms with E-state index in [4.69, 9.17) is 23.2 Å². The Morgan fingerprint density at radius 2 is 1.88 bits per heavy atom. The van der Waals surface area contributed by atoms with E-state index in [2.05, 4.69) is 12.2 Å². The number of amides is 1. The van der Waals surface area contributed by atoms with Crippen molar-refractivity contribution in [1.29, 1.82) is 0 Å². The molecule has 4 heteroatoms. The minimum atomic E-state index is 0.00628. The number of carbonyl (C=O) groups is 1. The molecule has 0 aliphatic carbocycles. The molecule has 0 saturated heterocycles. The van der Waals surface area contributed by atoms with Crippen LogP contribution in [0.15, 0.2) is 18.2 Å². The maximum Gasteiger partial charge on any atom is 0.224 e. The van der Waals surface area contributed by atoms with Gasteiger partial charge >= 0.3 is 0 Å². The third-order valence-electron chi connectivity index (χ3n) is 2.14. The molecule has 1 rings (SSSR count). The summed E-state index contributed by atoms with van der Waals surface area (Å²) in [4.78, 5) is 11.5. The Morgan fingerprint density at radius 1 is 1.25 bits per heavy atom. The van der Waals surface area contributed by atoms with Crippen molar-refractivity contribution in [3.8, 4) is 0 Å². The summed E-state index contributed by atoms with van der Waals surface area (Å²) in [7, 11) is 0. The topological polar surface area (TPSA) is 29.1 Å². The van der Waals surface area contributed by atoms with Gasteiger partial charge in [0.25, 0.3) is 0 Å². The van der Waals surface area contributed by atoms with Crippen molar-refractivity contribution < 1.29 is 4.79 Å². The molecule has 0 atom stereocenters. The molecule has 0 aliphatic heterocycles. The van der Waals surface area contributed by atoms with Crippen LogP contribution in [-0.4, -0.2) is 12.5 Å². The summed E-state index contributed by atoms with van der Waals surface area (Å²) in [6.45, 7) is 2.81. The van der Waals surface area contributed by atoms with Crippen LogP contribution >= 0.6 is 23.2 Å². The van der Waals surface area contributed by atoms with Crippen molar-refractivity contribution in [2.24, 2.45) is 0 Å². The summed E-state index contributed by atoms with van der Waals surface area (Å²) >= 11 is 11.7. The van der Waals surface area contributed by atoms with E-state index in [0.29, 0.717) is 16.5 Å². The lowest BCUT2D eigenvalue weighted by Crippen LogP contribution is -2.25. The molecule has 88 valence electrons. The van der Waals surface area contributed by atoms with Gasteiger partial charge in [0.05, 0.1) is 6.42 Å². The molecule has 1 N–H and O–H groups in total. The third-order valence-corrected chi connectivity index (χ3v) is 2.58. The van der Waals surface area contributed by atoms with E-state index >= 15 is 0 Å². The second kappa shape index (κ2) is 6.77. The Hall–Kier alpha value is -0.730. The average molecular weight is 260 g/mol. The Balaban J connectivity index is 2.49. The normalized spacial score (nSPS) is 10.2. The summed E-state index contributed by atoms with van der Waals surface area (Å²) in [5, 5.41) is 3.96. The predicted molar refractivity (Wildman–Crippen MR) is 68.1 cm³/mol. The van der Waals surface area contributed by atoms with Crippen molar-refractivity contribution in [1.82, 2.24) is 5.32 Å². The molecule has 0 saturated carbocycles. The van der Waals surface area contributed by atoms with E-state index < -0.39 is 0 Å². The molecule has 1 amide bonds. The Morgan fingerprint density at radius 3 is 2.44 bits per heavy atom. The first-order chi connectivity index (χ1) is 7.61. The molecule has 16 heavy (non-hydrogen) atoms. The van der Waals surface area contributed by atoms with Gasteiger partial charge in [0.1, 0.15) is 0 Å². The zero-order chi connectivity index (χ0) is 12.0. The number of benzene rings is 1. The van der Waals surface area contributed by atoms with Crippen LogP contribution < -0.4 is 5.32 Å². The molecule has 0 fully saturated rings. The molecule has 2 nitrogen and oxygen atoms in total. The van der Waals surface area contributed by atoms with Gasteiger partial charge in [-0.25, -0.2) is 0 Å². The highest BCUT2D eigenvalue weighted by molar-refractivity contribution is 6.34. The zero-order valence-electron chi connectivity index (χ0n) is 9.22. The van der Waals surface area contributed by atoms with E-state index in [1.807, 2.05) is 0 Å². The standard InChI is InChI=1S/C12H15Cl2NO/c1-2-3-4-15-12(16)7-9-5-10(13)8-11(14)6-9/h5-6,8H,2-4,7H2,1H3,(H,15,16). The maximum atomic E-state index is 11.5. The van der Waals surface area contributed by atoms with Gasteiger partial charge in [-0.1, -0.05) is 36.5 Å². The number of carbonyl (C=O) groups excluding carboxylic acids is 1. The van der Waals surface area contributed by atoms with Crippen LogP contribution in [0.25, 0.3) is 0 Å². The van der Waals surface area contributed by atoms with Crippen molar-refractivity contribution >= 4 is 29.1 Å². The van der Waals surface area contributed by atoms with Gasteiger partial charge in [-0.05, 0) is 30.2 Å². The van der Waals surface area contributed by atoms with Gasteiger partial charge in [-0.2, -0.15) is 0 Å². The van der Waals surface area contributed by atoms with Crippen LogP contribution in [0.2, 0.25) is 10.0 Å². The minimum absolute atomic E-state index is 0.00628. The SMILES string of the molecule is CCCCNC(=O)Cc1cc(Cl)cc(Cl)c1. The highest BCUT2D eigenvalue weighted by Crippen LogP contribution is 2.19. The second-order valence-electron chi connectivity index (χ2n) is 3.66. The van der Waals surface area contributed by atoms with Gasteiger partial charge in [-0.3, -0.25) is 4.79 Å². The van der Waals surface area contributed by atoms with Crippen molar-refractivity contribution in [3.05, 3.63) is 33.8 Å². The monoisotopic (exact) mass is 259 g/mol. The zero-order valence-corrected chi connectivity index (χ0v) is 10.7. The van der Waals surface area contributed by atoms with E-state index in [1.54, 1.807) is 18.2 Å². The summed E-state index contributed by atoms with van der Waals surface area (Å²) in [6.07, 6.45) is 2.40. The van der Waals surface area contributed by atoms with E-state index in [9.17, 15) is 4.79 Å². The largest absolute Gasteiger partial charge is 0.356 e. The fourth-order valence-electron chi connectivity index (χ4n) is 1.37. The molecule has 1 aromatic carbocycles. The number of hydrogen-bond acceptors (Lipinski definition) is 1. The quantitative estimate of drug-likeness (QED) is 0.807. The lowest BCUT2D eigenvalue weighted by Gasteiger charge is -2.05. The molecule has 0 aliphatic rings. The van der Waals surface area contributed by atoms with E-state index in [-0.39, 0.29) is 5.91 Å². The van der Waals surface area contributed by atoms with Crippen LogP contribution in [-0.2, 0) is 11.2 Å². The first-order valence-corrected chi connectivity index (χ1v) is 6.09. The van der Waals surface area contributed by atoms with Gasteiger partial charge in [0.15, 0.2) is 0 Å². The lowest BCUT2D eigenvalue weighted by atomic mass is 10.1. The maximum absolute atomic E-state index is 11.5. The van der Waals surface area contributed by atoms with E-state index in [1.165, 1.54) is 0 Å². The van der Waals surface area contributed by atoms with Crippen LogP contribution in [0.4, 0.5) is 0 Å². The Bertz CT molecular complexity index is 346. The molecular weight excluding hydrogens is 245 g/mol. The molecule has 0 bridgehead atoms. The predicted octanol–water partition coefficient (Wildman–Crippen LogP) is 3.45. The summed E-state index contributed by atoms with van der Waals surface area (Å²) in [5.74, 6) is 0.00628. The molecular formula is C12H15Cl2NO. The molecule has 1 aromatic rings. The van der Waals surface area contributed by atoms with Crippen LogP contribution in [0.1, 0.15) is 25.3 Å². The smallest absolute Gasteiger partial charge is 0.224 e.